The highest BCUT2D eigenvalue weighted by Gasteiger charge is 2.35. The van der Waals surface area contributed by atoms with Crippen LogP contribution in [0.25, 0.3) is 10.8 Å². The molecule has 0 spiro atoms. The van der Waals surface area contributed by atoms with Crippen LogP contribution in [0, 0.1) is 5.41 Å². The fraction of sp³-hybridized carbons (Fsp3) is 0.412. The SMILES string of the molecule is CC1(C(=O)c2cccc3cnccc23)CCCCC1. The van der Waals surface area contributed by atoms with Crippen LogP contribution < -0.4 is 0 Å². The molecule has 2 nitrogen and oxygen atoms in total. The third-order valence-electron chi connectivity index (χ3n) is 4.43. The predicted octanol–water partition coefficient (Wildman–Crippen LogP) is 4.39. The van der Waals surface area contributed by atoms with E-state index in [4.69, 9.17) is 0 Å². The van der Waals surface area contributed by atoms with E-state index in [1.165, 1.54) is 19.3 Å². The fourth-order valence-corrected chi connectivity index (χ4v) is 3.20. The Kier molecular flexibility index (Phi) is 3.09. The Labute approximate surface area is 113 Å². The zero-order valence-corrected chi connectivity index (χ0v) is 11.4. The molecule has 0 unspecified atom stereocenters. The van der Waals surface area contributed by atoms with E-state index in [0.717, 1.165) is 29.2 Å². The molecule has 0 N–H and O–H groups in total. The molecule has 0 amide bonds. The van der Waals surface area contributed by atoms with Gasteiger partial charge in [-0.2, -0.15) is 0 Å². The number of rotatable bonds is 2. The number of fused-ring (bicyclic) bond motifs is 1. The van der Waals surface area contributed by atoms with E-state index < -0.39 is 0 Å². The van der Waals surface area contributed by atoms with Gasteiger partial charge in [-0.05, 0) is 24.3 Å². The van der Waals surface area contributed by atoms with Gasteiger partial charge < -0.3 is 0 Å². The van der Waals surface area contributed by atoms with E-state index in [2.05, 4.69) is 11.9 Å². The number of nitrogens with zero attached hydrogens (tertiary/aromatic N) is 1. The number of pyridine rings is 1. The number of ketones is 1. The molecule has 1 aromatic carbocycles. The number of carbonyl (C=O) groups excluding carboxylic acids is 1. The van der Waals surface area contributed by atoms with E-state index in [1.807, 2.05) is 30.5 Å². The topological polar surface area (TPSA) is 30.0 Å². The van der Waals surface area contributed by atoms with Crippen molar-refractivity contribution in [2.24, 2.45) is 5.41 Å². The average molecular weight is 253 g/mol. The molecule has 1 aliphatic rings. The van der Waals surface area contributed by atoms with Crippen molar-refractivity contribution in [1.82, 2.24) is 4.98 Å². The van der Waals surface area contributed by atoms with Gasteiger partial charge in [0, 0.05) is 28.8 Å². The van der Waals surface area contributed by atoms with Crippen molar-refractivity contribution in [2.45, 2.75) is 39.0 Å². The number of benzene rings is 1. The Morgan fingerprint density at radius 1 is 1.16 bits per heavy atom. The minimum atomic E-state index is -0.171. The van der Waals surface area contributed by atoms with Gasteiger partial charge in [-0.25, -0.2) is 0 Å². The second kappa shape index (κ2) is 4.76. The van der Waals surface area contributed by atoms with E-state index in [-0.39, 0.29) is 5.41 Å². The maximum absolute atomic E-state index is 12.9. The first-order chi connectivity index (χ1) is 9.21. The molecule has 19 heavy (non-hydrogen) atoms. The molecule has 1 heterocycles. The lowest BCUT2D eigenvalue weighted by Gasteiger charge is -2.32. The van der Waals surface area contributed by atoms with Crippen molar-refractivity contribution in [2.75, 3.05) is 0 Å². The molecule has 0 saturated heterocycles. The molecular formula is C17H19NO. The first-order valence-electron chi connectivity index (χ1n) is 7.08. The van der Waals surface area contributed by atoms with Crippen LogP contribution in [0.2, 0.25) is 0 Å². The lowest BCUT2D eigenvalue weighted by molar-refractivity contribution is 0.0751. The van der Waals surface area contributed by atoms with E-state index in [0.29, 0.717) is 5.78 Å². The number of hydrogen-bond acceptors (Lipinski definition) is 2. The van der Waals surface area contributed by atoms with Gasteiger partial charge >= 0.3 is 0 Å². The summed E-state index contributed by atoms with van der Waals surface area (Å²) in [5, 5.41) is 2.09. The molecule has 0 aliphatic heterocycles. The Morgan fingerprint density at radius 3 is 2.74 bits per heavy atom. The Bertz CT molecular complexity index is 606. The maximum Gasteiger partial charge on any atom is 0.169 e. The van der Waals surface area contributed by atoms with Crippen LogP contribution in [0.4, 0.5) is 0 Å². The van der Waals surface area contributed by atoms with Crippen molar-refractivity contribution >= 4 is 16.6 Å². The zero-order valence-electron chi connectivity index (χ0n) is 11.4. The second-order valence-corrected chi connectivity index (χ2v) is 5.85. The van der Waals surface area contributed by atoms with Crippen molar-refractivity contribution in [3.63, 3.8) is 0 Å². The first-order valence-corrected chi connectivity index (χ1v) is 7.08. The molecule has 98 valence electrons. The van der Waals surface area contributed by atoms with Crippen molar-refractivity contribution in [1.29, 1.82) is 0 Å². The Balaban J connectivity index is 2.06. The normalized spacial score (nSPS) is 18.4. The summed E-state index contributed by atoms with van der Waals surface area (Å²) in [6.07, 6.45) is 9.25. The lowest BCUT2D eigenvalue weighted by atomic mass is 9.70. The third-order valence-corrected chi connectivity index (χ3v) is 4.43. The predicted molar refractivity (Wildman–Crippen MR) is 77.3 cm³/mol. The van der Waals surface area contributed by atoms with Gasteiger partial charge in [0.1, 0.15) is 0 Å². The van der Waals surface area contributed by atoms with Gasteiger partial charge in [-0.1, -0.05) is 44.4 Å². The minimum Gasteiger partial charge on any atom is -0.294 e. The highest BCUT2D eigenvalue weighted by molar-refractivity contribution is 6.10. The highest BCUT2D eigenvalue weighted by atomic mass is 16.1. The summed E-state index contributed by atoms with van der Waals surface area (Å²) in [6.45, 7) is 2.13. The van der Waals surface area contributed by atoms with Crippen LogP contribution in [-0.4, -0.2) is 10.8 Å². The summed E-state index contributed by atoms with van der Waals surface area (Å²) in [5.41, 5.74) is 0.694. The molecule has 0 bridgehead atoms. The van der Waals surface area contributed by atoms with Crippen LogP contribution in [0.3, 0.4) is 0 Å². The van der Waals surface area contributed by atoms with E-state index in [1.54, 1.807) is 6.20 Å². The zero-order chi connectivity index (χ0) is 13.3. The van der Waals surface area contributed by atoms with Crippen molar-refractivity contribution in [3.05, 3.63) is 42.2 Å². The summed E-state index contributed by atoms with van der Waals surface area (Å²) in [7, 11) is 0. The van der Waals surface area contributed by atoms with Gasteiger partial charge in [0.25, 0.3) is 0 Å². The number of aromatic nitrogens is 1. The summed E-state index contributed by atoms with van der Waals surface area (Å²) in [4.78, 5) is 17.0. The second-order valence-electron chi connectivity index (χ2n) is 5.85. The van der Waals surface area contributed by atoms with Gasteiger partial charge in [-0.3, -0.25) is 9.78 Å². The monoisotopic (exact) mass is 253 g/mol. The molecule has 1 fully saturated rings. The van der Waals surface area contributed by atoms with Crippen LogP contribution in [0.5, 0.6) is 0 Å². The molecule has 0 radical (unpaired) electrons. The summed E-state index contributed by atoms with van der Waals surface area (Å²) in [5.74, 6) is 0.309. The Hall–Kier alpha value is -1.70. The van der Waals surface area contributed by atoms with Gasteiger partial charge in [0.05, 0.1) is 0 Å². The molecule has 3 rings (SSSR count). The van der Waals surface area contributed by atoms with Gasteiger partial charge in [0.15, 0.2) is 5.78 Å². The summed E-state index contributed by atoms with van der Waals surface area (Å²) >= 11 is 0. The quantitative estimate of drug-likeness (QED) is 0.743. The molecule has 0 atom stereocenters. The molecule has 1 aromatic heterocycles. The van der Waals surface area contributed by atoms with Crippen LogP contribution in [-0.2, 0) is 0 Å². The third kappa shape index (κ3) is 2.16. The molecule has 1 aliphatic carbocycles. The lowest BCUT2D eigenvalue weighted by Crippen LogP contribution is -2.30. The first kappa shape index (κ1) is 12.3. The molecule has 2 aromatic rings. The van der Waals surface area contributed by atoms with Crippen LogP contribution >= 0.6 is 0 Å². The highest BCUT2D eigenvalue weighted by Crippen LogP contribution is 2.39. The average Bonchev–Trinajstić information content (AvgIpc) is 2.47. The minimum absolute atomic E-state index is 0.171. The summed E-state index contributed by atoms with van der Waals surface area (Å²) < 4.78 is 0. The van der Waals surface area contributed by atoms with Crippen LogP contribution in [0.1, 0.15) is 49.4 Å². The van der Waals surface area contributed by atoms with Crippen molar-refractivity contribution in [3.8, 4) is 0 Å². The number of carbonyl (C=O) groups is 1. The van der Waals surface area contributed by atoms with E-state index in [9.17, 15) is 4.79 Å². The van der Waals surface area contributed by atoms with Gasteiger partial charge in [0.2, 0.25) is 0 Å². The van der Waals surface area contributed by atoms with Gasteiger partial charge in [-0.15, -0.1) is 0 Å². The number of Topliss-reactive ketones (excluding diaryl/α,β-unsaturated/α-hetero) is 1. The van der Waals surface area contributed by atoms with Crippen molar-refractivity contribution < 1.29 is 4.79 Å². The maximum atomic E-state index is 12.9. The molecular weight excluding hydrogens is 234 g/mol. The van der Waals surface area contributed by atoms with E-state index >= 15 is 0 Å². The fourth-order valence-electron chi connectivity index (χ4n) is 3.20. The molecule has 2 heteroatoms. The molecule has 1 saturated carbocycles. The summed E-state index contributed by atoms with van der Waals surface area (Å²) in [6, 6.07) is 7.89. The largest absolute Gasteiger partial charge is 0.294 e. The Morgan fingerprint density at radius 2 is 1.95 bits per heavy atom. The number of hydrogen-bond donors (Lipinski definition) is 0. The van der Waals surface area contributed by atoms with Crippen LogP contribution in [0.15, 0.2) is 36.7 Å². The standard InChI is InChI=1S/C17H19NO/c1-17(9-3-2-4-10-17)16(19)15-7-5-6-13-12-18-11-8-14(13)15/h5-8,11-12H,2-4,9-10H2,1H3. The smallest absolute Gasteiger partial charge is 0.169 e.